The Morgan fingerprint density at radius 2 is 2.20 bits per heavy atom. The number of aliphatic carboxylic acids is 1. The lowest BCUT2D eigenvalue weighted by atomic mass is 10.1. The van der Waals surface area contributed by atoms with E-state index in [2.05, 4.69) is 10.3 Å². The first-order valence-corrected chi connectivity index (χ1v) is 4.22. The molecule has 0 aliphatic heterocycles. The lowest BCUT2D eigenvalue weighted by Crippen LogP contribution is -2.22. The summed E-state index contributed by atoms with van der Waals surface area (Å²) in [5.74, 6) is -1.45. The molecule has 0 aliphatic carbocycles. The normalized spacial score (nSPS) is 9.67. The lowest BCUT2D eigenvalue weighted by molar-refractivity contribution is -0.136. The van der Waals surface area contributed by atoms with Crippen LogP contribution in [0.4, 0.5) is 5.69 Å². The highest BCUT2D eigenvalue weighted by molar-refractivity contribution is 6.00. The fourth-order valence-corrected chi connectivity index (χ4v) is 1.22. The van der Waals surface area contributed by atoms with Gasteiger partial charge >= 0.3 is 5.97 Å². The molecule has 0 atom stereocenters. The molecule has 0 unspecified atom stereocenters. The molecule has 0 aliphatic rings. The van der Waals surface area contributed by atoms with E-state index in [-0.39, 0.29) is 17.7 Å². The third-order valence-electron chi connectivity index (χ3n) is 1.85. The smallest absolute Gasteiger partial charge is 0.307 e. The number of carboxylic acids is 1. The van der Waals surface area contributed by atoms with Crippen LogP contribution in [0.2, 0.25) is 0 Å². The number of nitrogens with one attached hydrogen (secondary N) is 1. The standard InChI is InChI=1S/C9H11N3O3/c1-11-9(15)8-5(2-7(13)14)3-12-4-6(8)10/h3-4H,2,10H2,1H3,(H,11,15)(H,13,14). The Bertz CT molecular complexity index is 404. The molecule has 0 radical (unpaired) electrons. The molecule has 0 aromatic carbocycles. The number of nitrogens with two attached hydrogens (primary N) is 1. The molecule has 0 bridgehead atoms. The maximum Gasteiger partial charge on any atom is 0.307 e. The van der Waals surface area contributed by atoms with Crippen molar-refractivity contribution in [2.75, 3.05) is 12.8 Å². The number of nitrogen functional groups attached to an aromatic ring is 1. The van der Waals surface area contributed by atoms with Gasteiger partial charge in [0.15, 0.2) is 0 Å². The quantitative estimate of drug-likeness (QED) is 0.631. The van der Waals surface area contributed by atoms with Crippen molar-refractivity contribution >= 4 is 17.6 Å². The zero-order valence-electron chi connectivity index (χ0n) is 8.15. The molecule has 1 aromatic rings. The lowest BCUT2D eigenvalue weighted by Gasteiger charge is -2.08. The van der Waals surface area contributed by atoms with Gasteiger partial charge in [-0.3, -0.25) is 14.6 Å². The van der Waals surface area contributed by atoms with Crippen LogP contribution in [0, 0.1) is 0 Å². The van der Waals surface area contributed by atoms with Crippen molar-refractivity contribution in [3.63, 3.8) is 0 Å². The van der Waals surface area contributed by atoms with E-state index in [1.54, 1.807) is 0 Å². The highest BCUT2D eigenvalue weighted by Gasteiger charge is 2.15. The Morgan fingerprint density at radius 3 is 2.73 bits per heavy atom. The Hall–Kier alpha value is -2.11. The second kappa shape index (κ2) is 4.41. The van der Waals surface area contributed by atoms with Gasteiger partial charge in [-0.05, 0) is 5.56 Å². The van der Waals surface area contributed by atoms with E-state index >= 15 is 0 Å². The minimum Gasteiger partial charge on any atom is -0.481 e. The maximum absolute atomic E-state index is 11.4. The molecule has 0 saturated carbocycles. The largest absolute Gasteiger partial charge is 0.481 e. The number of pyridine rings is 1. The van der Waals surface area contributed by atoms with Crippen LogP contribution in [-0.4, -0.2) is 29.0 Å². The predicted molar refractivity (Wildman–Crippen MR) is 53.4 cm³/mol. The summed E-state index contributed by atoms with van der Waals surface area (Å²) in [5, 5.41) is 11.0. The van der Waals surface area contributed by atoms with Crippen molar-refractivity contribution in [1.29, 1.82) is 0 Å². The van der Waals surface area contributed by atoms with Crippen molar-refractivity contribution in [1.82, 2.24) is 10.3 Å². The van der Waals surface area contributed by atoms with Crippen molar-refractivity contribution in [2.24, 2.45) is 0 Å². The van der Waals surface area contributed by atoms with Crippen LogP contribution in [0.3, 0.4) is 0 Å². The minimum atomic E-state index is -1.03. The Kier molecular flexibility index (Phi) is 3.22. The number of hydrogen-bond donors (Lipinski definition) is 3. The number of carbonyl (C=O) groups is 2. The van der Waals surface area contributed by atoms with E-state index in [1.807, 2.05) is 0 Å². The number of carboxylic acid groups (broad SMARTS) is 1. The van der Waals surface area contributed by atoms with Gasteiger partial charge in [-0.25, -0.2) is 0 Å². The molecule has 15 heavy (non-hydrogen) atoms. The zero-order chi connectivity index (χ0) is 11.4. The number of anilines is 1. The SMILES string of the molecule is CNC(=O)c1c(N)cncc1CC(=O)O. The number of hydrogen-bond acceptors (Lipinski definition) is 4. The number of aromatic nitrogens is 1. The second-order valence-electron chi connectivity index (χ2n) is 2.91. The Morgan fingerprint density at radius 1 is 1.53 bits per heavy atom. The first-order valence-electron chi connectivity index (χ1n) is 4.22. The molecule has 1 heterocycles. The van der Waals surface area contributed by atoms with Gasteiger partial charge in [0.25, 0.3) is 5.91 Å². The number of carbonyl (C=O) groups excluding carboxylic acids is 1. The van der Waals surface area contributed by atoms with E-state index in [4.69, 9.17) is 10.8 Å². The first-order chi connectivity index (χ1) is 7.06. The number of amides is 1. The highest BCUT2D eigenvalue weighted by atomic mass is 16.4. The molecule has 1 aromatic heterocycles. The van der Waals surface area contributed by atoms with Crippen molar-refractivity contribution < 1.29 is 14.7 Å². The summed E-state index contributed by atoms with van der Waals surface area (Å²) in [5.41, 5.74) is 6.21. The average molecular weight is 209 g/mol. The maximum atomic E-state index is 11.4. The van der Waals surface area contributed by atoms with Crippen LogP contribution in [0.15, 0.2) is 12.4 Å². The van der Waals surface area contributed by atoms with Crippen LogP contribution in [-0.2, 0) is 11.2 Å². The van der Waals surface area contributed by atoms with Gasteiger partial charge in [0.05, 0.1) is 23.9 Å². The molecule has 4 N–H and O–H groups in total. The fraction of sp³-hybridized carbons (Fsp3) is 0.222. The van der Waals surface area contributed by atoms with Gasteiger partial charge in [-0.2, -0.15) is 0 Å². The summed E-state index contributed by atoms with van der Waals surface area (Å²) in [4.78, 5) is 25.7. The molecule has 0 saturated heterocycles. The van der Waals surface area contributed by atoms with Crippen molar-refractivity contribution in [3.05, 3.63) is 23.5 Å². The summed E-state index contributed by atoms with van der Waals surface area (Å²) in [6.45, 7) is 0. The predicted octanol–water partition coefficient (Wildman–Crippen LogP) is -0.350. The van der Waals surface area contributed by atoms with Crippen LogP contribution >= 0.6 is 0 Å². The molecule has 0 fully saturated rings. The van der Waals surface area contributed by atoms with Gasteiger partial charge in [0, 0.05) is 13.2 Å². The molecule has 1 rings (SSSR count). The van der Waals surface area contributed by atoms with Crippen LogP contribution in [0.1, 0.15) is 15.9 Å². The van der Waals surface area contributed by atoms with Crippen LogP contribution in [0.25, 0.3) is 0 Å². The van der Waals surface area contributed by atoms with Gasteiger partial charge in [-0.15, -0.1) is 0 Å². The van der Waals surface area contributed by atoms with Crippen molar-refractivity contribution in [2.45, 2.75) is 6.42 Å². The van der Waals surface area contributed by atoms with E-state index in [0.717, 1.165) is 0 Å². The molecular formula is C9H11N3O3. The summed E-state index contributed by atoms with van der Waals surface area (Å²) in [6, 6.07) is 0. The van der Waals surface area contributed by atoms with E-state index in [1.165, 1.54) is 19.4 Å². The van der Waals surface area contributed by atoms with Gasteiger partial charge in [-0.1, -0.05) is 0 Å². The molecule has 6 nitrogen and oxygen atoms in total. The molecule has 80 valence electrons. The summed E-state index contributed by atoms with van der Waals surface area (Å²) >= 11 is 0. The fourth-order valence-electron chi connectivity index (χ4n) is 1.22. The number of rotatable bonds is 3. The highest BCUT2D eigenvalue weighted by Crippen LogP contribution is 2.15. The van der Waals surface area contributed by atoms with Gasteiger partial charge in [0.1, 0.15) is 0 Å². The molecule has 6 heteroatoms. The second-order valence-corrected chi connectivity index (χ2v) is 2.91. The van der Waals surface area contributed by atoms with Crippen molar-refractivity contribution in [3.8, 4) is 0 Å². The van der Waals surface area contributed by atoms with E-state index in [9.17, 15) is 9.59 Å². The Balaban J connectivity index is 3.20. The first kappa shape index (κ1) is 11.0. The number of nitrogens with zero attached hydrogens (tertiary/aromatic N) is 1. The van der Waals surface area contributed by atoms with Crippen LogP contribution < -0.4 is 11.1 Å². The molecule has 0 spiro atoms. The summed E-state index contributed by atoms with van der Waals surface area (Å²) in [7, 11) is 1.45. The summed E-state index contributed by atoms with van der Waals surface area (Å²) < 4.78 is 0. The average Bonchev–Trinajstić information content (AvgIpc) is 2.16. The zero-order valence-corrected chi connectivity index (χ0v) is 8.15. The third kappa shape index (κ3) is 2.43. The topological polar surface area (TPSA) is 105 Å². The van der Waals surface area contributed by atoms with Crippen LogP contribution in [0.5, 0.6) is 0 Å². The molecular weight excluding hydrogens is 198 g/mol. The van der Waals surface area contributed by atoms with E-state index < -0.39 is 11.9 Å². The van der Waals surface area contributed by atoms with E-state index in [0.29, 0.717) is 5.56 Å². The Labute approximate surface area is 86.1 Å². The van der Waals surface area contributed by atoms with Gasteiger partial charge < -0.3 is 16.2 Å². The summed E-state index contributed by atoms with van der Waals surface area (Å²) in [6.07, 6.45) is 2.37. The minimum absolute atomic E-state index is 0.174. The van der Waals surface area contributed by atoms with Gasteiger partial charge in [0.2, 0.25) is 0 Å². The molecule has 1 amide bonds. The third-order valence-corrected chi connectivity index (χ3v) is 1.85. The monoisotopic (exact) mass is 209 g/mol.